The second-order valence-electron chi connectivity index (χ2n) is 5.18. The summed E-state index contributed by atoms with van der Waals surface area (Å²) in [5.74, 6) is 0.780. The highest BCUT2D eigenvalue weighted by atomic mass is 16.6. The van der Waals surface area contributed by atoms with E-state index in [0.717, 1.165) is 23.4 Å². The molecule has 0 fully saturated rings. The van der Waals surface area contributed by atoms with Gasteiger partial charge in [0.1, 0.15) is 5.82 Å². The van der Waals surface area contributed by atoms with Crippen LogP contribution >= 0.6 is 0 Å². The zero-order valence-electron chi connectivity index (χ0n) is 12.1. The number of nitrogens with zero attached hydrogens (tertiary/aromatic N) is 4. The van der Waals surface area contributed by atoms with E-state index in [1.54, 1.807) is 12.3 Å². The van der Waals surface area contributed by atoms with Crippen LogP contribution in [0.25, 0.3) is 11.0 Å². The van der Waals surface area contributed by atoms with Crippen LogP contribution in [0.2, 0.25) is 0 Å². The van der Waals surface area contributed by atoms with Crippen LogP contribution in [0.1, 0.15) is 11.4 Å². The highest BCUT2D eigenvalue weighted by molar-refractivity contribution is 5.77. The first-order chi connectivity index (χ1) is 10.6. The molecule has 0 saturated carbocycles. The van der Waals surface area contributed by atoms with Gasteiger partial charge in [-0.1, -0.05) is 6.07 Å². The first kappa shape index (κ1) is 14.2. The van der Waals surface area contributed by atoms with Crippen molar-refractivity contribution in [3.8, 4) is 0 Å². The van der Waals surface area contributed by atoms with E-state index in [1.165, 1.54) is 12.1 Å². The van der Waals surface area contributed by atoms with E-state index in [2.05, 4.69) is 19.9 Å². The van der Waals surface area contributed by atoms with Gasteiger partial charge in [0.15, 0.2) is 0 Å². The van der Waals surface area contributed by atoms with Gasteiger partial charge in [0, 0.05) is 31.1 Å². The molecule has 112 valence electrons. The maximum absolute atomic E-state index is 10.8. The summed E-state index contributed by atoms with van der Waals surface area (Å²) in [4.78, 5) is 24.2. The lowest BCUT2D eigenvalue weighted by Gasteiger charge is -2.14. The molecule has 3 rings (SSSR count). The number of H-pyrrole nitrogens is 1. The summed E-state index contributed by atoms with van der Waals surface area (Å²) < 4.78 is 0. The van der Waals surface area contributed by atoms with Gasteiger partial charge >= 0.3 is 0 Å². The van der Waals surface area contributed by atoms with Crippen molar-refractivity contribution in [2.24, 2.45) is 0 Å². The van der Waals surface area contributed by atoms with Crippen LogP contribution in [0.5, 0.6) is 0 Å². The van der Waals surface area contributed by atoms with E-state index >= 15 is 0 Å². The SMILES string of the molecule is CN(Cc1cccnc1)Cc1nc2ccc([N+](=O)[O-])cc2[nH]1. The largest absolute Gasteiger partial charge is 0.341 e. The Bertz CT molecular complexity index is 800. The molecule has 0 aliphatic carbocycles. The number of hydrogen-bond donors (Lipinski definition) is 1. The lowest BCUT2D eigenvalue weighted by atomic mass is 10.3. The van der Waals surface area contributed by atoms with Gasteiger partial charge in [-0.15, -0.1) is 0 Å². The average molecular weight is 297 g/mol. The molecular formula is C15H15N5O2. The quantitative estimate of drug-likeness (QED) is 0.577. The molecule has 1 N–H and O–H groups in total. The Balaban J connectivity index is 1.74. The highest BCUT2D eigenvalue weighted by Gasteiger charge is 2.11. The first-order valence-electron chi connectivity index (χ1n) is 6.82. The van der Waals surface area contributed by atoms with Crippen LogP contribution in [-0.4, -0.2) is 31.8 Å². The lowest BCUT2D eigenvalue weighted by molar-refractivity contribution is -0.384. The molecule has 0 aliphatic rings. The Morgan fingerprint density at radius 3 is 2.91 bits per heavy atom. The standard InChI is InChI=1S/C15H15N5O2/c1-19(9-11-3-2-6-16-8-11)10-15-17-13-5-4-12(20(21)22)7-14(13)18-15/h2-8H,9-10H2,1H3,(H,17,18). The van der Waals surface area contributed by atoms with Crippen molar-refractivity contribution in [1.82, 2.24) is 19.9 Å². The lowest BCUT2D eigenvalue weighted by Crippen LogP contribution is -2.18. The Labute approximate surface area is 126 Å². The van der Waals surface area contributed by atoms with Crippen LogP contribution in [0.15, 0.2) is 42.7 Å². The molecule has 22 heavy (non-hydrogen) atoms. The summed E-state index contributed by atoms with van der Waals surface area (Å²) in [7, 11) is 1.99. The van der Waals surface area contributed by atoms with Crippen LogP contribution in [-0.2, 0) is 13.1 Å². The Kier molecular flexibility index (Phi) is 3.80. The monoisotopic (exact) mass is 297 g/mol. The van der Waals surface area contributed by atoms with Gasteiger partial charge in [-0.3, -0.25) is 20.0 Å². The molecule has 0 bridgehead atoms. The molecule has 0 spiro atoms. The molecule has 7 nitrogen and oxygen atoms in total. The molecule has 7 heteroatoms. The van der Waals surface area contributed by atoms with E-state index in [9.17, 15) is 10.1 Å². The van der Waals surface area contributed by atoms with Crippen LogP contribution in [0, 0.1) is 10.1 Å². The van der Waals surface area contributed by atoms with Crippen LogP contribution in [0.4, 0.5) is 5.69 Å². The van der Waals surface area contributed by atoms with Crippen LogP contribution < -0.4 is 0 Å². The summed E-state index contributed by atoms with van der Waals surface area (Å²) in [6, 6.07) is 8.56. The number of nitro benzene ring substituents is 1. The second kappa shape index (κ2) is 5.90. The van der Waals surface area contributed by atoms with Crippen molar-refractivity contribution < 1.29 is 4.92 Å². The molecule has 0 saturated heterocycles. The number of non-ortho nitro benzene ring substituents is 1. The number of hydrogen-bond acceptors (Lipinski definition) is 5. The molecule has 3 aromatic rings. The minimum Gasteiger partial charge on any atom is -0.341 e. The smallest absolute Gasteiger partial charge is 0.271 e. The predicted octanol–water partition coefficient (Wildman–Crippen LogP) is 2.50. The number of nitrogens with one attached hydrogen (secondary N) is 1. The third kappa shape index (κ3) is 3.09. The highest BCUT2D eigenvalue weighted by Crippen LogP contribution is 2.19. The zero-order valence-corrected chi connectivity index (χ0v) is 12.1. The van der Waals surface area contributed by atoms with Crippen molar-refractivity contribution in [2.45, 2.75) is 13.1 Å². The number of pyridine rings is 1. The number of fused-ring (bicyclic) bond motifs is 1. The number of imidazole rings is 1. The van der Waals surface area contributed by atoms with Gasteiger partial charge in [0.05, 0.1) is 22.5 Å². The second-order valence-corrected chi connectivity index (χ2v) is 5.18. The van der Waals surface area contributed by atoms with Gasteiger partial charge in [-0.25, -0.2) is 4.98 Å². The van der Waals surface area contributed by atoms with E-state index in [0.29, 0.717) is 12.1 Å². The van der Waals surface area contributed by atoms with E-state index in [-0.39, 0.29) is 5.69 Å². The Hall–Kier alpha value is -2.80. The fraction of sp³-hybridized carbons (Fsp3) is 0.200. The average Bonchev–Trinajstić information content (AvgIpc) is 2.89. The summed E-state index contributed by atoms with van der Waals surface area (Å²) in [5, 5.41) is 10.8. The van der Waals surface area contributed by atoms with Gasteiger partial charge < -0.3 is 4.98 Å². The van der Waals surface area contributed by atoms with E-state index in [4.69, 9.17) is 0 Å². The van der Waals surface area contributed by atoms with E-state index < -0.39 is 4.92 Å². The minimum absolute atomic E-state index is 0.0615. The first-order valence-corrected chi connectivity index (χ1v) is 6.82. The number of aromatic amines is 1. The fourth-order valence-electron chi connectivity index (χ4n) is 2.35. The molecule has 0 atom stereocenters. The minimum atomic E-state index is -0.408. The van der Waals surface area contributed by atoms with Crippen molar-refractivity contribution in [3.63, 3.8) is 0 Å². The summed E-state index contributed by atoms with van der Waals surface area (Å²) >= 11 is 0. The topological polar surface area (TPSA) is 87.9 Å². The fourth-order valence-corrected chi connectivity index (χ4v) is 2.35. The van der Waals surface area contributed by atoms with Crippen molar-refractivity contribution >= 4 is 16.7 Å². The molecule has 1 aromatic carbocycles. The number of benzene rings is 1. The van der Waals surface area contributed by atoms with Crippen molar-refractivity contribution in [3.05, 3.63) is 64.2 Å². The molecule has 0 unspecified atom stereocenters. The number of rotatable bonds is 5. The predicted molar refractivity (Wildman–Crippen MR) is 82.2 cm³/mol. The molecule has 2 aromatic heterocycles. The molecule has 0 amide bonds. The third-order valence-corrected chi connectivity index (χ3v) is 3.32. The van der Waals surface area contributed by atoms with Crippen molar-refractivity contribution in [1.29, 1.82) is 0 Å². The molecule has 0 radical (unpaired) electrons. The maximum atomic E-state index is 10.8. The zero-order chi connectivity index (χ0) is 15.5. The van der Waals surface area contributed by atoms with Gasteiger partial charge in [0.2, 0.25) is 0 Å². The normalized spacial score (nSPS) is 11.2. The number of nitro groups is 1. The summed E-state index contributed by atoms with van der Waals surface area (Å²) in [5.41, 5.74) is 2.59. The molecule has 2 heterocycles. The Morgan fingerprint density at radius 1 is 1.32 bits per heavy atom. The Morgan fingerprint density at radius 2 is 2.18 bits per heavy atom. The molecule has 0 aliphatic heterocycles. The number of aromatic nitrogens is 3. The van der Waals surface area contributed by atoms with Gasteiger partial charge in [0.25, 0.3) is 5.69 Å². The van der Waals surface area contributed by atoms with Crippen LogP contribution in [0.3, 0.4) is 0 Å². The van der Waals surface area contributed by atoms with Gasteiger partial charge in [-0.2, -0.15) is 0 Å². The summed E-state index contributed by atoms with van der Waals surface area (Å²) in [6.45, 7) is 1.38. The van der Waals surface area contributed by atoms with Gasteiger partial charge in [-0.05, 0) is 24.7 Å². The van der Waals surface area contributed by atoms with E-state index in [1.807, 2.05) is 25.4 Å². The van der Waals surface area contributed by atoms with Crippen molar-refractivity contribution in [2.75, 3.05) is 7.05 Å². The third-order valence-electron chi connectivity index (χ3n) is 3.32. The summed E-state index contributed by atoms with van der Waals surface area (Å²) in [6.07, 6.45) is 3.58. The maximum Gasteiger partial charge on any atom is 0.271 e. The molecular weight excluding hydrogens is 282 g/mol.